The third-order valence-corrected chi connectivity index (χ3v) is 6.78. The van der Waals surface area contributed by atoms with Gasteiger partial charge in [-0.3, -0.25) is 14.3 Å². The Morgan fingerprint density at radius 2 is 1.89 bits per heavy atom. The molecule has 2 aliphatic heterocycles. The molecule has 0 bridgehead atoms. The molecular weight excluding hydrogens is 360 g/mol. The second-order valence-electron chi connectivity index (χ2n) is 7.39. The van der Waals surface area contributed by atoms with Crippen LogP contribution in [0.3, 0.4) is 0 Å². The Morgan fingerprint density at radius 1 is 1.15 bits per heavy atom. The Kier molecular flexibility index (Phi) is 5.73. The number of likely N-dealkylation sites (N-methyl/N-ethyl adjacent to an activating group) is 1. The average Bonchev–Trinajstić information content (AvgIpc) is 3.47. The van der Waals surface area contributed by atoms with Crippen molar-refractivity contribution in [2.75, 3.05) is 37.6 Å². The predicted molar refractivity (Wildman–Crippen MR) is 107 cm³/mol. The molecule has 1 amide bonds. The van der Waals surface area contributed by atoms with Gasteiger partial charge >= 0.3 is 0 Å². The van der Waals surface area contributed by atoms with Gasteiger partial charge in [0.05, 0.1) is 0 Å². The Labute approximate surface area is 164 Å². The number of carbonyl (C=O) groups excluding carboxylic acids is 1. The summed E-state index contributed by atoms with van der Waals surface area (Å²) in [5.74, 6) is 0.345. The van der Waals surface area contributed by atoms with Gasteiger partial charge in [0.15, 0.2) is 0 Å². The lowest BCUT2D eigenvalue weighted by Gasteiger charge is -2.31. The fraction of sp³-hybridized carbons (Fsp3) is 0.632. The first-order chi connectivity index (χ1) is 13.2. The molecule has 2 fully saturated rings. The molecule has 7 nitrogen and oxygen atoms in total. The lowest BCUT2D eigenvalue weighted by atomic mass is 9.96. The van der Waals surface area contributed by atoms with Gasteiger partial charge in [0, 0.05) is 44.0 Å². The summed E-state index contributed by atoms with van der Waals surface area (Å²) in [4.78, 5) is 17.3. The largest absolute Gasteiger partial charge is 0.354 e. The van der Waals surface area contributed by atoms with E-state index in [9.17, 15) is 4.79 Å². The summed E-state index contributed by atoms with van der Waals surface area (Å²) in [5.41, 5.74) is 0. The number of rotatable bonds is 6. The number of anilines is 1. The van der Waals surface area contributed by atoms with Crippen LogP contribution in [0, 0.1) is 5.92 Å². The lowest BCUT2D eigenvalue weighted by Crippen LogP contribution is -2.44. The monoisotopic (exact) mass is 388 g/mol. The van der Waals surface area contributed by atoms with Crippen molar-refractivity contribution in [3.8, 4) is 5.13 Å². The van der Waals surface area contributed by atoms with Crippen molar-refractivity contribution in [3.05, 3.63) is 24.5 Å². The molecule has 0 radical (unpaired) electrons. The summed E-state index contributed by atoms with van der Waals surface area (Å²) >= 11 is 1.60. The second kappa shape index (κ2) is 8.39. The SMILES string of the molecule is CCN1CCCC1CNC(=O)C1CCN(c2nnc(-n3cccc3)s2)CC1. The summed E-state index contributed by atoms with van der Waals surface area (Å²) in [6.45, 7) is 6.97. The molecule has 2 aliphatic rings. The molecule has 0 aliphatic carbocycles. The van der Waals surface area contributed by atoms with E-state index in [0.29, 0.717) is 6.04 Å². The van der Waals surface area contributed by atoms with E-state index in [1.807, 2.05) is 29.1 Å². The highest BCUT2D eigenvalue weighted by molar-refractivity contribution is 7.17. The van der Waals surface area contributed by atoms with E-state index < -0.39 is 0 Å². The minimum Gasteiger partial charge on any atom is -0.354 e. The van der Waals surface area contributed by atoms with Crippen LogP contribution >= 0.6 is 11.3 Å². The molecule has 27 heavy (non-hydrogen) atoms. The average molecular weight is 389 g/mol. The first-order valence-electron chi connectivity index (χ1n) is 9.98. The van der Waals surface area contributed by atoms with Crippen molar-refractivity contribution < 1.29 is 4.79 Å². The van der Waals surface area contributed by atoms with Crippen LogP contribution < -0.4 is 10.2 Å². The van der Waals surface area contributed by atoms with Crippen molar-refractivity contribution in [1.29, 1.82) is 0 Å². The van der Waals surface area contributed by atoms with Crippen molar-refractivity contribution in [2.45, 2.75) is 38.6 Å². The Bertz CT molecular complexity index is 737. The van der Waals surface area contributed by atoms with Gasteiger partial charge in [0.1, 0.15) is 0 Å². The summed E-state index contributed by atoms with van der Waals surface area (Å²) < 4.78 is 1.98. The highest BCUT2D eigenvalue weighted by Crippen LogP contribution is 2.28. The maximum absolute atomic E-state index is 12.6. The zero-order valence-electron chi connectivity index (χ0n) is 15.9. The van der Waals surface area contributed by atoms with Crippen molar-refractivity contribution >= 4 is 22.4 Å². The molecule has 1 unspecified atom stereocenters. The van der Waals surface area contributed by atoms with Gasteiger partial charge in [-0.1, -0.05) is 18.3 Å². The molecule has 1 atom stereocenters. The topological polar surface area (TPSA) is 66.3 Å². The Balaban J connectivity index is 1.25. The number of hydrogen-bond donors (Lipinski definition) is 1. The number of carbonyl (C=O) groups is 1. The number of likely N-dealkylation sites (tertiary alicyclic amines) is 1. The minimum absolute atomic E-state index is 0.120. The maximum atomic E-state index is 12.6. The van der Waals surface area contributed by atoms with Gasteiger partial charge in [0.2, 0.25) is 16.2 Å². The van der Waals surface area contributed by atoms with Crippen molar-refractivity contribution in [2.24, 2.45) is 5.92 Å². The van der Waals surface area contributed by atoms with Gasteiger partial charge in [-0.15, -0.1) is 10.2 Å². The highest BCUT2D eigenvalue weighted by Gasteiger charge is 2.28. The number of nitrogens with zero attached hydrogens (tertiary/aromatic N) is 5. The number of piperidine rings is 1. The fourth-order valence-electron chi connectivity index (χ4n) is 4.14. The molecule has 0 saturated carbocycles. The third-order valence-electron chi connectivity index (χ3n) is 5.78. The number of amides is 1. The van der Waals surface area contributed by atoms with Gasteiger partial charge in [-0.05, 0) is 50.9 Å². The fourth-order valence-corrected chi connectivity index (χ4v) is 5.01. The zero-order valence-corrected chi connectivity index (χ0v) is 16.7. The Morgan fingerprint density at radius 3 is 2.63 bits per heavy atom. The van der Waals surface area contributed by atoms with Gasteiger partial charge in [-0.25, -0.2) is 0 Å². The predicted octanol–water partition coefficient (Wildman–Crippen LogP) is 2.15. The number of nitrogens with one attached hydrogen (secondary N) is 1. The molecule has 2 aromatic heterocycles. The first-order valence-corrected chi connectivity index (χ1v) is 10.8. The molecule has 1 N–H and O–H groups in total. The number of hydrogen-bond acceptors (Lipinski definition) is 6. The standard InChI is InChI=1S/C19H28N6OS/c1-2-23-11-5-6-16(23)14-20-17(26)15-7-12-25(13-8-15)19-22-21-18(27-19)24-9-3-4-10-24/h3-4,9-10,15-16H,2,5-8,11-14H2,1H3,(H,20,26). The van der Waals surface area contributed by atoms with E-state index in [1.165, 1.54) is 19.4 Å². The van der Waals surface area contributed by atoms with Gasteiger partial charge < -0.3 is 10.2 Å². The van der Waals surface area contributed by atoms with E-state index in [0.717, 1.165) is 49.3 Å². The van der Waals surface area contributed by atoms with Crippen LogP contribution in [0.25, 0.3) is 5.13 Å². The molecule has 0 spiro atoms. The van der Waals surface area contributed by atoms with E-state index in [1.54, 1.807) is 11.3 Å². The maximum Gasteiger partial charge on any atom is 0.223 e. The normalized spacial score (nSPS) is 21.7. The first kappa shape index (κ1) is 18.4. The molecule has 2 aromatic rings. The van der Waals surface area contributed by atoms with Crippen LogP contribution in [0.5, 0.6) is 0 Å². The van der Waals surface area contributed by atoms with E-state index in [4.69, 9.17) is 0 Å². The van der Waals surface area contributed by atoms with E-state index in [2.05, 4.69) is 32.2 Å². The Hall–Kier alpha value is -1.93. The van der Waals surface area contributed by atoms with Crippen LogP contribution in [0.1, 0.15) is 32.6 Å². The summed E-state index contributed by atoms with van der Waals surface area (Å²) in [6, 6.07) is 4.49. The minimum atomic E-state index is 0.120. The van der Waals surface area contributed by atoms with Gasteiger partial charge in [-0.2, -0.15) is 0 Å². The summed E-state index contributed by atoms with van der Waals surface area (Å²) in [5, 5.41) is 13.7. The lowest BCUT2D eigenvalue weighted by molar-refractivity contribution is -0.125. The second-order valence-corrected chi connectivity index (χ2v) is 8.32. The molecule has 0 aromatic carbocycles. The molecule has 146 valence electrons. The highest BCUT2D eigenvalue weighted by atomic mass is 32.1. The molecular formula is C19H28N6OS. The van der Waals surface area contributed by atoms with Crippen molar-refractivity contribution in [1.82, 2.24) is 25.0 Å². The summed E-state index contributed by atoms with van der Waals surface area (Å²) in [6.07, 6.45) is 8.17. The molecule has 4 heterocycles. The molecule has 2 saturated heterocycles. The zero-order chi connectivity index (χ0) is 18.6. The molecule has 8 heteroatoms. The van der Waals surface area contributed by atoms with Crippen LogP contribution in [-0.2, 0) is 4.79 Å². The third kappa shape index (κ3) is 4.16. The van der Waals surface area contributed by atoms with Crippen LogP contribution in [0.2, 0.25) is 0 Å². The summed E-state index contributed by atoms with van der Waals surface area (Å²) in [7, 11) is 0. The van der Waals surface area contributed by atoms with E-state index in [-0.39, 0.29) is 11.8 Å². The van der Waals surface area contributed by atoms with Crippen LogP contribution in [0.15, 0.2) is 24.5 Å². The number of aromatic nitrogens is 3. The quantitative estimate of drug-likeness (QED) is 0.821. The molecule has 4 rings (SSSR count). The van der Waals surface area contributed by atoms with E-state index >= 15 is 0 Å². The van der Waals surface area contributed by atoms with Crippen LogP contribution in [-0.4, -0.2) is 64.3 Å². The van der Waals surface area contributed by atoms with Crippen molar-refractivity contribution in [3.63, 3.8) is 0 Å². The van der Waals surface area contributed by atoms with Gasteiger partial charge in [0.25, 0.3) is 0 Å². The smallest absolute Gasteiger partial charge is 0.223 e. The van der Waals surface area contributed by atoms with Crippen LogP contribution in [0.4, 0.5) is 5.13 Å².